The molecule has 1 atom stereocenters. The number of hydrogen-bond acceptors (Lipinski definition) is 4. The smallest absolute Gasteiger partial charge is 0.271 e. The first-order chi connectivity index (χ1) is 9.99. The number of carbonyl (C=O) groups excluding carboxylic acids is 1. The highest BCUT2D eigenvalue weighted by molar-refractivity contribution is 6.33. The Morgan fingerprint density at radius 1 is 1.24 bits per heavy atom. The standard InChI is InChI=1S/C14H12ClN3O3/c15-11-7-6-10(18(20)21)8-12(11)17-14(19)13(16)9-4-2-1-3-5-9/h1-8,13H,16H2,(H,17,19). The van der Waals surface area contributed by atoms with Crippen molar-refractivity contribution in [2.24, 2.45) is 5.73 Å². The van der Waals surface area contributed by atoms with Crippen LogP contribution in [-0.4, -0.2) is 10.8 Å². The minimum atomic E-state index is -0.887. The van der Waals surface area contributed by atoms with Crippen LogP contribution >= 0.6 is 11.6 Å². The summed E-state index contributed by atoms with van der Waals surface area (Å²) in [5.74, 6) is -0.497. The second-order valence-electron chi connectivity index (χ2n) is 4.30. The van der Waals surface area contributed by atoms with Crippen LogP contribution in [-0.2, 0) is 4.79 Å². The lowest BCUT2D eigenvalue weighted by atomic mass is 10.1. The van der Waals surface area contributed by atoms with Crippen LogP contribution in [0.5, 0.6) is 0 Å². The van der Waals surface area contributed by atoms with Gasteiger partial charge in [-0.05, 0) is 11.6 Å². The molecular formula is C14H12ClN3O3. The first kappa shape index (κ1) is 15.0. The van der Waals surface area contributed by atoms with Crippen LogP contribution in [0, 0.1) is 10.1 Å². The molecule has 6 nitrogen and oxygen atoms in total. The molecule has 21 heavy (non-hydrogen) atoms. The van der Waals surface area contributed by atoms with E-state index >= 15 is 0 Å². The van der Waals surface area contributed by atoms with E-state index in [1.807, 2.05) is 6.07 Å². The van der Waals surface area contributed by atoms with Crippen LogP contribution in [0.25, 0.3) is 0 Å². The molecule has 0 aliphatic heterocycles. The number of nitrogens with zero attached hydrogens (tertiary/aromatic N) is 1. The Hall–Kier alpha value is -2.44. The summed E-state index contributed by atoms with van der Waals surface area (Å²) in [6, 6.07) is 11.7. The predicted molar refractivity (Wildman–Crippen MR) is 80.1 cm³/mol. The number of rotatable bonds is 4. The van der Waals surface area contributed by atoms with Gasteiger partial charge < -0.3 is 11.1 Å². The molecular weight excluding hydrogens is 294 g/mol. The number of anilines is 1. The van der Waals surface area contributed by atoms with Crippen molar-refractivity contribution in [2.75, 3.05) is 5.32 Å². The third-order valence-corrected chi connectivity index (χ3v) is 3.19. The van der Waals surface area contributed by atoms with E-state index in [0.717, 1.165) is 0 Å². The summed E-state index contributed by atoms with van der Waals surface area (Å²) in [4.78, 5) is 22.2. The van der Waals surface area contributed by atoms with Crippen molar-refractivity contribution in [1.82, 2.24) is 0 Å². The SMILES string of the molecule is NC(C(=O)Nc1cc([N+](=O)[O-])ccc1Cl)c1ccccc1. The second-order valence-corrected chi connectivity index (χ2v) is 4.71. The predicted octanol–water partition coefficient (Wildman–Crippen LogP) is 2.89. The fourth-order valence-corrected chi connectivity index (χ4v) is 1.91. The van der Waals surface area contributed by atoms with Gasteiger partial charge in [0.25, 0.3) is 5.69 Å². The van der Waals surface area contributed by atoms with E-state index in [1.54, 1.807) is 24.3 Å². The lowest BCUT2D eigenvalue weighted by Crippen LogP contribution is -2.27. The molecule has 2 aromatic carbocycles. The normalized spacial score (nSPS) is 11.7. The van der Waals surface area contributed by atoms with Gasteiger partial charge in [0.15, 0.2) is 0 Å². The van der Waals surface area contributed by atoms with E-state index in [4.69, 9.17) is 17.3 Å². The molecule has 0 aliphatic rings. The zero-order valence-electron chi connectivity index (χ0n) is 10.8. The quantitative estimate of drug-likeness (QED) is 0.670. The molecule has 1 unspecified atom stereocenters. The van der Waals surface area contributed by atoms with Crippen molar-refractivity contribution >= 4 is 28.9 Å². The number of amides is 1. The Morgan fingerprint density at radius 2 is 1.90 bits per heavy atom. The van der Waals surface area contributed by atoms with Gasteiger partial charge in [0.1, 0.15) is 6.04 Å². The summed E-state index contributed by atoms with van der Waals surface area (Å²) in [5, 5.41) is 13.4. The van der Waals surface area contributed by atoms with Gasteiger partial charge >= 0.3 is 0 Å². The van der Waals surface area contributed by atoms with Crippen LogP contribution < -0.4 is 11.1 Å². The van der Waals surface area contributed by atoms with Crippen molar-refractivity contribution in [1.29, 1.82) is 0 Å². The fourth-order valence-electron chi connectivity index (χ4n) is 1.74. The molecule has 3 N–H and O–H groups in total. The summed E-state index contributed by atoms with van der Waals surface area (Å²) in [6.45, 7) is 0. The molecule has 108 valence electrons. The first-order valence-corrected chi connectivity index (χ1v) is 6.42. The maximum atomic E-state index is 12.1. The third kappa shape index (κ3) is 3.56. The number of halogens is 1. The lowest BCUT2D eigenvalue weighted by Gasteiger charge is -2.13. The molecule has 0 bridgehead atoms. The minimum Gasteiger partial charge on any atom is -0.323 e. The van der Waals surface area contributed by atoms with Crippen LogP contribution in [0.4, 0.5) is 11.4 Å². The largest absolute Gasteiger partial charge is 0.323 e. The van der Waals surface area contributed by atoms with E-state index in [2.05, 4.69) is 5.32 Å². The van der Waals surface area contributed by atoms with E-state index in [-0.39, 0.29) is 16.4 Å². The van der Waals surface area contributed by atoms with Crippen LogP contribution in [0.1, 0.15) is 11.6 Å². The molecule has 0 fully saturated rings. The van der Waals surface area contributed by atoms with Crippen LogP contribution in [0.2, 0.25) is 5.02 Å². The van der Waals surface area contributed by atoms with Crippen molar-refractivity contribution in [3.05, 3.63) is 69.2 Å². The maximum Gasteiger partial charge on any atom is 0.271 e. The number of benzene rings is 2. The Bertz CT molecular complexity index is 676. The molecule has 1 amide bonds. The van der Waals surface area contributed by atoms with Gasteiger partial charge in [0.05, 0.1) is 15.6 Å². The summed E-state index contributed by atoms with van der Waals surface area (Å²) in [6.07, 6.45) is 0. The number of non-ortho nitro benzene ring substituents is 1. The van der Waals surface area contributed by atoms with E-state index in [0.29, 0.717) is 5.56 Å². The molecule has 7 heteroatoms. The van der Waals surface area contributed by atoms with Crippen molar-refractivity contribution in [3.8, 4) is 0 Å². The highest BCUT2D eigenvalue weighted by Crippen LogP contribution is 2.27. The summed E-state index contributed by atoms with van der Waals surface area (Å²) in [7, 11) is 0. The fraction of sp³-hybridized carbons (Fsp3) is 0.0714. The Morgan fingerprint density at radius 3 is 2.52 bits per heavy atom. The minimum absolute atomic E-state index is 0.155. The molecule has 2 aromatic rings. The summed E-state index contributed by atoms with van der Waals surface area (Å²) in [5.41, 5.74) is 6.47. The highest BCUT2D eigenvalue weighted by atomic mass is 35.5. The van der Waals surface area contributed by atoms with E-state index in [1.165, 1.54) is 18.2 Å². The van der Waals surface area contributed by atoms with Crippen LogP contribution in [0.3, 0.4) is 0 Å². The maximum absolute atomic E-state index is 12.1. The van der Waals surface area contributed by atoms with Gasteiger partial charge in [0, 0.05) is 12.1 Å². The van der Waals surface area contributed by atoms with Crippen molar-refractivity contribution in [3.63, 3.8) is 0 Å². The molecule has 0 radical (unpaired) electrons. The molecule has 0 spiro atoms. The number of nitrogens with one attached hydrogen (secondary N) is 1. The van der Waals surface area contributed by atoms with Gasteiger partial charge in [-0.3, -0.25) is 14.9 Å². The molecule has 0 aromatic heterocycles. The molecule has 0 saturated carbocycles. The number of carbonyl (C=O) groups is 1. The molecule has 0 saturated heterocycles. The Balaban J connectivity index is 2.20. The second kappa shape index (κ2) is 6.34. The number of nitrogens with two attached hydrogens (primary N) is 1. The Kier molecular flexibility index (Phi) is 4.52. The lowest BCUT2D eigenvalue weighted by molar-refractivity contribution is -0.384. The summed E-state index contributed by atoms with van der Waals surface area (Å²) >= 11 is 5.92. The number of nitro benzene ring substituents is 1. The van der Waals surface area contributed by atoms with Crippen molar-refractivity contribution < 1.29 is 9.72 Å². The topological polar surface area (TPSA) is 98.3 Å². The molecule has 0 heterocycles. The van der Waals surface area contributed by atoms with E-state index in [9.17, 15) is 14.9 Å². The van der Waals surface area contributed by atoms with Crippen molar-refractivity contribution in [2.45, 2.75) is 6.04 Å². The molecule has 0 aliphatic carbocycles. The van der Waals surface area contributed by atoms with Gasteiger partial charge in [-0.1, -0.05) is 41.9 Å². The number of hydrogen-bond donors (Lipinski definition) is 2. The van der Waals surface area contributed by atoms with Gasteiger partial charge in [-0.15, -0.1) is 0 Å². The van der Waals surface area contributed by atoms with Gasteiger partial charge in [-0.25, -0.2) is 0 Å². The number of nitro groups is 1. The monoisotopic (exact) mass is 305 g/mol. The summed E-state index contributed by atoms with van der Waals surface area (Å²) < 4.78 is 0. The molecule has 2 rings (SSSR count). The van der Waals surface area contributed by atoms with E-state index < -0.39 is 16.9 Å². The Labute approximate surface area is 125 Å². The zero-order valence-corrected chi connectivity index (χ0v) is 11.6. The average molecular weight is 306 g/mol. The van der Waals surface area contributed by atoms with Gasteiger partial charge in [0.2, 0.25) is 5.91 Å². The third-order valence-electron chi connectivity index (χ3n) is 2.86. The zero-order chi connectivity index (χ0) is 15.4. The van der Waals surface area contributed by atoms with Gasteiger partial charge in [-0.2, -0.15) is 0 Å². The van der Waals surface area contributed by atoms with Crippen LogP contribution in [0.15, 0.2) is 48.5 Å². The highest BCUT2D eigenvalue weighted by Gasteiger charge is 2.18. The average Bonchev–Trinajstić information content (AvgIpc) is 2.49. The first-order valence-electron chi connectivity index (χ1n) is 6.04.